The number of halogens is 1. The summed E-state index contributed by atoms with van der Waals surface area (Å²) in [6.07, 6.45) is 0. The zero-order valence-corrected chi connectivity index (χ0v) is 11.0. The van der Waals surface area contributed by atoms with Gasteiger partial charge in [0.15, 0.2) is 0 Å². The first-order valence-corrected chi connectivity index (χ1v) is 6.56. The molecule has 0 aliphatic carbocycles. The lowest BCUT2D eigenvalue weighted by atomic mass is 10.2. The van der Waals surface area contributed by atoms with Gasteiger partial charge in [0.1, 0.15) is 16.5 Å². The molecule has 0 saturated heterocycles. The second kappa shape index (κ2) is 4.47. The number of benzene rings is 1. The maximum atomic E-state index is 13.5. The zero-order valence-electron chi connectivity index (χ0n) is 10.1. The van der Waals surface area contributed by atoms with Crippen LogP contribution in [0.15, 0.2) is 29.6 Å². The van der Waals surface area contributed by atoms with Crippen LogP contribution in [-0.4, -0.2) is 9.97 Å². The van der Waals surface area contributed by atoms with Crippen LogP contribution in [0.3, 0.4) is 0 Å². The third-order valence-electron chi connectivity index (χ3n) is 2.86. The van der Waals surface area contributed by atoms with Crippen LogP contribution in [0.1, 0.15) is 5.56 Å². The van der Waals surface area contributed by atoms with Crippen molar-refractivity contribution in [2.24, 2.45) is 0 Å². The highest BCUT2D eigenvalue weighted by Gasteiger charge is 2.10. The van der Waals surface area contributed by atoms with Gasteiger partial charge in [-0.05, 0) is 30.5 Å². The molecule has 0 amide bonds. The first-order chi connectivity index (χ1) is 9.15. The van der Waals surface area contributed by atoms with Crippen molar-refractivity contribution in [3.05, 3.63) is 41.0 Å². The van der Waals surface area contributed by atoms with Gasteiger partial charge in [-0.1, -0.05) is 6.07 Å². The lowest BCUT2D eigenvalue weighted by Crippen LogP contribution is -2.01. The number of hydrogen-bond donors (Lipinski definition) is 2. The van der Waals surface area contributed by atoms with Crippen molar-refractivity contribution in [3.8, 4) is 0 Å². The van der Waals surface area contributed by atoms with Crippen molar-refractivity contribution in [2.75, 3.05) is 11.1 Å². The quantitative estimate of drug-likeness (QED) is 0.751. The minimum Gasteiger partial charge on any atom is -0.368 e. The van der Waals surface area contributed by atoms with E-state index in [9.17, 15) is 4.39 Å². The molecule has 19 heavy (non-hydrogen) atoms. The molecule has 4 nitrogen and oxygen atoms in total. The summed E-state index contributed by atoms with van der Waals surface area (Å²) in [7, 11) is 0. The van der Waals surface area contributed by atoms with E-state index in [0.717, 1.165) is 10.2 Å². The van der Waals surface area contributed by atoms with Crippen LogP contribution in [-0.2, 0) is 0 Å². The minimum absolute atomic E-state index is 0.200. The fraction of sp³-hybridized carbons (Fsp3) is 0.0769. The summed E-state index contributed by atoms with van der Waals surface area (Å²) in [5.74, 6) is 0.539. The van der Waals surface area contributed by atoms with Gasteiger partial charge in [-0.2, -0.15) is 4.98 Å². The fourth-order valence-corrected chi connectivity index (χ4v) is 2.61. The molecule has 2 heterocycles. The van der Waals surface area contributed by atoms with Crippen molar-refractivity contribution in [1.82, 2.24) is 9.97 Å². The molecule has 0 unspecified atom stereocenters. The molecule has 0 fully saturated rings. The van der Waals surface area contributed by atoms with E-state index in [1.165, 1.54) is 17.4 Å². The van der Waals surface area contributed by atoms with Gasteiger partial charge in [0.25, 0.3) is 0 Å². The molecule has 2 aromatic heterocycles. The number of aromatic nitrogens is 2. The Hall–Kier alpha value is -2.21. The molecule has 3 N–H and O–H groups in total. The number of anilines is 3. The molecular formula is C13H11FN4S. The van der Waals surface area contributed by atoms with Gasteiger partial charge in [-0.3, -0.25) is 0 Å². The highest BCUT2D eigenvalue weighted by atomic mass is 32.1. The van der Waals surface area contributed by atoms with Crippen molar-refractivity contribution < 1.29 is 4.39 Å². The normalized spacial score (nSPS) is 10.8. The van der Waals surface area contributed by atoms with Crippen LogP contribution in [0.2, 0.25) is 0 Å². The third-order valence-corrected chi connectivity index (χ3v) is 3.67. The maximum absolute atomic E-state index is 13.5. The van der Waals surface area contributed by atoms with E-state index in [4.69, 9.17) is 5.73 Å². The number of hydrogen-bond acceptors (Lipinski definition) is 5. The molecule has 0 spiro atoms. The number of thiophene rings is 1. The van der Waals surface area contributed by atoms with Gasteiger partial charge in [-0.15, -0.1) is 11.3 Å². The maximum Gasteiger partial charge on any atom is 0.223 e. The SMILES string of the molecule is Cc1c(F)cccc1Nc1nc(N)nc2sccc12. The van der Waals surface area contributed by atoms with Gasteiger partial charge < -0.3 is 11.1 Å². The number of fused-ring (bicyclic) bond motifs is 1. The van der Waals surface area contributed by atoms with Crippen molar-refractivity contribution >= 4 is 39.0 Å². The fourth-order valence-electron chi connectivity index (χ4n) is 1.84. The summed E-state index contributed by atoms with van der Waals surface area (Å²) in [5, 5.41) is 5.92. The first-order valence-electron chi connectivity index (χ1n) is 5.68. The van der Waals surface area contributed by atoms with E-state index in [1.807, 2.05) is 11.4 Å². The Morgan fingerprint density at radius 2 is 2.11 bits per heavy atom. The molecule has 0 saturated carbocycles. The van der Waals surface area contributed by atoms with Crippen molar-refractivity contribution in [3.63, 3.8) is 0 Å². The van der Waals surface area contributed by atoms with Gasteiger partial charge in [0.05, 0.1) is 5.39 Å². The van der Waals surface area contributed by atoms with E-state index < -0.39 is 0 Å². The number of nitrogens with one attached hydrogen (secondary N) is 1. The van der Waals surface area contributed by atoms with E-state index in [2.05, 4.69) is 15.3 Å². The molecule has 0 atom stereocenters. The van der Waals surface area contributed by atoms with Gasteiger partial charge in [0, 0.05) is 11.3 Å². The Morgan fingerprint density at radius 3 is 2.95 bits per heavy atom. The van der Waals surface area contributed by atoms with E-state index in [1.54, 1.807) is 19.1 Å². The Balaban J connectivity index is 2.10. The summed E-state index contributed by atoms with van der Waals surface area (Å²) in [4.78, 5) is 9.14. The summed E-state index contributed by atoms with van der Waals surface area (Å²) in [6, 6.07) is 6.79. The van der Waals surface area contributed by atoms with Crippen LogP contribution >= 0.6 is 11.3 Å². The second-order valence-electron chi connectivity index (χ2n) is 4.11. The molecule has 0 aliphatic heterocycles. The lowest BCUT2D eigenvalue weighted by Gasteiger charge is -2.10. The van der Waals surface area contributed by atoms with E-state index in [-0.39, 0.29) is 11.8 Å². The standard InChI is InChI=1S/C13H11FN4S/c1-7-9(14)3-2-4-10(7)16-11-8-5-6-19-12(8)18-13(15)17-11/h2-6H,1H3,(H3,15,16,17,18). The second-order valence-corrected chi connectivity index (χ2v) is 5.00. The first kappa shape index (κ1) is 11.9. The predicted molar refractivity (Wildman–Crippen MR) is 76.2 cm³/mol. The molecule has 3 aromatic rings. The summed E-state index contributed by atoms with van der Waals surface area (Å²) in [5.41, 5.74) is 6.89. The minimum atomic E-state index is -0.256. The lowest BCUT2D eigenvalue weighted by molar-refractivity contribution is 0.619. The number of rotatable bonds is 2. The molecule has 0 aliphatic rings. The third kappa shape index (κ3) is 2.10. The average molecular weight is 274 g/mol. The smallest absolute Gasteiger partial charge is 0.223 e. The van der Waals surface area contributed by atoms with Gasteiger partial charge in [0.2, 0.25) is 5.95 Å². The Kier molecular flexibility index (Phi) is 2.79. The van der Waals surface area contributed by atoms with E-state index in [0.29, 0.717) is 17.1 Å². The summed E-state index contributed by atoms with van der Waals surface area (Å²) >= 11 is 1.49. The molecule has 96 valence electrons. The number of nitrogens with two attached hydrogens (primary N) is 1. The van der Waals surface area contributed by atoms with Gasteiger partial charge >= 0.3 is 0 Å². The molecule has 3 rings (SSSR count). The number of nitrogens with zero attached hydrogens (tertiary/aromatic N) is 2. The highest BCUT2D eigenvalue weighted by Crippen LogP contribution is 2.29. The van der Waals surface area contributed by atoms with Crippen molar-refractivity contribution in [2.45, 2.75) is 6.92 Å². The molecule has 0 bridgehead atoms. The topological polar surface area (TPSA) is 63.8 Å². The zero-order chi connectivity index (χ0) is 13.4. The van der Waals surface area contributed by atoms with Crippen LogP contribution < -0.4 is 11.1 Å². The van der Waals surface area contributed by atoms with Crippen LogP contribution in [0, 0.1) is 12.7 Å². The van der Waals surface area contributed by atoms with Crippen molar-refractivity contribution in [1.29, 1.82) is 0 Å². The molecule has 1 aromatic carbocycles. The Labute approximate surface area is 113 Å². The average Bonchev–Trinajstić information content (AvgIpc) is 2.83. The summed E-state index contributed by atoms with van der Waals surface area (Å²) in [6.45, 7) is 1.72. The Bertz CT molecular complexity index is 753. The van der Waals surface area contributed by atoms with Crippen LogP contribution in [0.4, 0.5) is 21.8 Å². The summed E-state index contributed by atoms with van der Waals surface area (Å²) < 4.78 is 13.5. The van der Waals surface area contributed by atoms with Crippen LogP contribution in [0.5, 0.6) is 0 Å². The molecular weight excluding hydrogens is 263 g/mol. The Morgan fingerprint density at radius 1 is 1.26 bits per heavy atom. The van der Waals surface area contributed by atoms with E-state index >= 15 is 0 Å². The largest absolute Gasteiger partial charge is 0.368 e. The molecule has 6 heteroatoms. The molecule has 0 radical (unpaired) electrons. The monoisotopic (exact) mass is 274 g/mol. The highest BCUT2D eigenvalue weighted by molar-refractivity contribution is 7.16. The number of nitrogen functional groups attached to an aromatic ring is 1. The van der Waals surface area contributed by atoms with Gasteiger partial charge in [-0.25, -0.2) is 9.37 Å². The van der Waals surface area contributed by atoms with Crippen LogP contribution in [0.25, 0.3) is 10.2 Å². The predicted octanol–water partition coefficient (Wildman–Crippen LogP) is 3.46.